The van der Waals surface area contributed by atoms with Gasteiger partial charge in [-0.3, -0.25) is 0 Å². The van der Waals surface area contributed by atoms with Gasteiger partial charge in [-0.1, -0.05) is 26.2 Å². The molecule has 0 aliphatic heterocycles. The Hall–Kier alpha value is -3.01. The lowest BCUT2D eigenvalue weighted by Gasteiger charge is -2.37. The van der Waals surface area contributed by atoms with Crippen molar-refractivity contribution in [1.82, 2.24) is 0 Å². The maximum Gasteiger partial charge on any atom is 0.346 e. The first-order valence-electron chi connectivity index (χ1n) is 12.9. The number of carbonyl (C=O) groups excluding carboxylic acids is 1. The van der Waals surface area contributed by atoms with Gasteiger partial charge < -0.3 is 9.47 Å². The quantitative estimate of drug-likeness (QED) is 0.291. The first-order chi connectivity index (χ1) is 17.4. The van der Waals surface area contributed by atoms with Gasteiger partial charge in [-0.25, -0.2) is 18.0 Å². The number of ether oxygens (including phenoxy) is 2. The van der Waals surface area contributed by atoms with Gasteiger partial charge in [0.1, 0.15) is 40.6 Å². The van der Waals surface area contributed by atoms with E-state index < -0.39 is 34.7 Å². The highest BCUT2D eigenvalue weighted by Crippen LogP contribution is 2.42. The summed E-state index contributed by atoms with van der Waals surface area (Å²) >= 11 is 0. The van der Waals surface area contributed by atoms with Crippen molar-refractivity contribution in [3.05, 3.63) is 58.9 Å². The fraction of sp³-hybridized carbons (Fsp3) is 0.517. The molecule has 0 unspecified atom stereocenters. The monoisotopic (exact) mass is 499 g/mol. The molecule has 2 aromatic rings. The number of hydrogen-bond donors (Lipinski definition) is 0. The number of halogens is 3. The first-order valence-corrected chi connectivity index (χ1v) is 12.9. The highest BCUT2D eigenvalue weighted by atomic mass is 19.1. The number of nitrogens with zero attached hydrogens (tertiary/aromatic N) is 1. The average Bonchev–Trinajstić information content (AvgIpc) is 2.87. The molecule has 0 radical (unpaired) electrons. The van der Waals surface area contributed by atoms with Gasteiger partial charge in [-0.05, 0) is 74.3 Å². The number of rotatable bonds is 7. The standard InChI is InChI=1S/C29H32F3NO3/c1-2-18-3-7-20(8-4-18)21-9-5-19(6-10-21)17-35-22-11-12-24(26(30)13-22)29(34)36-23-14-27(31)25(16-33)28(32)15-23/h11-15,18-21H,2-10,17H2,1H3/t18-,19-,20-,21-. The molecule has 7 heteroatoms. The second-order valence-corrected chi connectivity index (χ2v) is 10.2. The van der Waals surface area contributed by atoms with Crippen LogP contribution in [0, 0.1) is 52.5 Å². The van der Waals surface area contributed by atoms with Crippen LogP contribution in [0.3, 0.4) is 0 Å². The maximum absolute atomic E-state index is 14.6. The lowest BCUT2D eigenvalue weighted by molar-refractivity contribution is 0.0729. The molecule has 2 aliphatic carbocycles. The van der Waals surface area contributed by atoms with Crippen molar-refractivity contribution < 1.29 is 27.4 Å². The van der Waals surface area contributed by atoms with Gasteiger partial charge >= 0.3 is 5.97 Å². The Morgan fingerprint density at radius 3 is 1.94 bits per heavy atom. The summed E-state index contributed by atoms with van der Waals surface area (Å²) in [6, 6.07) is 6.63. The lowest BCUT2D eigenvalue weighted by atomic mass is 9.69. The minimum Gasteiger partial charge on any atom is -0.493 e. The summed E-state index contributed by atoms with van der Waals surface area (Å²) in [6.45, 7) is 2.80. The number of benzene rings is 2. The summed E-state index contributed by atoms with van der Waals surface area (Å²) in [4.78, 5) is 12.3. The lowest BCUT2D eigenvalue weighted by Crippen LogP contribution is -2.27. The Morgan fingerprint density at radius 1 is 0.861 bits per heavy atom. The molecule has 0 atom stereocenters. The fourth-order valence-electron chi connectivity index (χ4n) is 5.74. The van der Waals surface area contributed by atoms with Crippen LogP contribution in [0.2, 0.25) is 0 Å². The zero-order chi connectivity index (χ0) is 25.7. The summed E-state index contributed by atoms with van der Waals surface area (Å²) < 4.78 is 52.8. The van der Waals surface area contributed by atoms with Crippen molar-refractivity contribution >= 4 is 5.97 Å². The zero-order valence-corrected chi connectivity index (χ0v) is 20.6. The molecule has 2 saturated carbocycles. The third kappa shape index (κ3) is 6.21. The topological polar surface area (TPSA) is 59.3 Å². The fourth-order valence-corrected chi connectivity index (χ4v) is 5.74. The van der Waals surface area contributed by atoms with Gasteiger partial charge in [-0.2, -0.15) is 5.26 Å². The van der Waals surface area contributed by atoms with Crippen LogP contribution in [0.25, 0.3) is 0 Å². The summed E-state index contributed by atoms with van der Waals surface area (Å²) in [7, 11) is 0. The van der Waals surface area contributed by atoms with Crippen LogP contribution < -0.4 is 9.47 Å². The molecule has 4 rings (SSSR count). The van der Waals surface area contributed by atoms with Gasteiger partial charge in [0.25, 0.3) is 0 Å². The van der Waals surface area contributed by atoms with Gasteiger partial charge in [0.15, 0.2) is 0 Å². The molecule has 0 spiro atoms. The van der Waals surface area contributed by atoms with Crippen molar-refractivity contribution in [1.29, 1.82) is 5.26 Å². The van der Waals surface area contributed by atoms with Crippen LogP contribution in [-0.2, 0) is 0 Å². The molecular formula is C29H32F3NO3. The second-order valence-electron chi connectivity index (χ2n) is 10.2. The highest BCUT2D eigenvalue weighted by Gasteiger charge is 2.30. The van der Waals surface area contributed by atoms with Crippen molar-refractivity contribution in [2.45, 2.75) is 64.7 Å². The molecule has 0 N–H and O–H groups in total. The SMILES string of the molecule is CC[C@H]1CC[C@H]([C@H]2CC[C@H](COc3ccc(C(=O)Oc4cc(F)c(C#N)c(F)c4)c(F)c3)CC2)CC1. The normalized spacial score (nSPS) is 24.1. The molecule has 36 heavy (non-hydrogen) atoms. The summed E-state index contributed by atoms with van der Waals surface area (Å²) in [5.74, 6) is -1.38. The molecule has 2 aliphatic rings. The maximum atomic E-state index is 14.6. The van der Waals surface area contributed by atoms with Crippen molar-refractivity contribution in [3.63, 3.8) is 0 Å². The van der Waals surface area contributed by atoms with Crippen LogP contribution in [0.4, 0.5) is 13.2 Å². The number of esters is 1. The Morgan fingerprint density at radius 2 is 1.42 bits per heavy atom. The molecule has 4 nitrogen and oxygen atoms in total. The molecule has 0 heterocycles. The van der Waals surface area contributed by atoms with E-state index in [9.17, 15) is 18.0 Å². The van der Waals surface area contributed by atoms with Crippen LogP contribution in [0.5, 0.6) is 11.5 Å². The highest BCUT2D eigenvalue weighted by molar-refractivity contribution is 5.91. The Bertz CT molecular complexity index is 1090. The molecule has 192 valence electrons. The summed E-state index contributed by atoms with van der Waals surface area (Å²) in [5, 5.41) is 8.72. The number of nitriles is 1. The molecule has 0 aromatic heterocycles. The predicted octanol–water partition coefficient (Wildman–Crippen LogP) is 7.60. The van der Waals surface area contributed by atoms with E-state index in [1.165, 1.54) is 63.1 Å². The van der Waals surface area contributed by atoms with E-state index in [-0.39, 0.29) is 5.56 Å². The Kier molecular flexibility index (Phi) is 8.56. The molecule has 2 aromatic carbocycles. The number of carbonyl (C=O) groups is 1. The van der Waals surface area contributed by atoms with Crippen LogP contribution in [0.1, 0.15) is 80.6 Å². The van der Waals surface area contributed by atoms with E-state index in [2.05, 4.69) is 6.92 Å². The second kappa shape index (κ2) is 11.8. The molecule has 0 bridgehead atoms. The number of hydrogen-bond acceptors (Lipinski definition) is 4. The minimum absolute atomic E-state index is 0.319. The summed E-state index contributed by atoms with van der Waals surface area (Å²) in [5.41, 5.74) is -1.17. The van der Waals surface area contributed by atoms with Gasteiger partial charge in [0, 0.05) is 18.2 Å². The largest absolute Gasteiger partial charge is 0.493 e. The molecular weight excluding hydrogens is 467 g/mol. The van der Waals surface area contributed by atoms with E-state index >= 15 is 0 Å². The molecule has 2 fully saturated rings. The van der Waals surface area contributed by atoms with Crippen LogP contribution >= 0.6 is 0 Å². The van der Waals surface area contributed by atoms with E-state index in [4.69, 9.17) is 14.7 Å². The predicted molar refractivity (Wildman–Crippen MR) is 129 cm³/mol. The smallest absolute Gasteiger partial charge is 0.346 e. The minimum atomic E-state index is -1.16. The van der Waals surface area contributed by atoms with Crippen molar-refractivity contribution in [2.24, 2.45) is 23.7 Å². The molecule has 0 amide bonds. The van der Waals surface area contributed by atoms with Crippen LogP contribution in [0.15, 0.2) is 30.3 Å². The molecule has 0 saturated heterocycles. The van der Waals surface area contributed by atoms with E-state index in [0.717, 1.165) is 36.7 Å². The zero-order valence-electron chi connectivity index (χ0n) is 20.6. The van der Waals surface area contributed by atoms with E-state index in [1.54, 1.807) is 0 Å². The summed E-state index contributed by atoms with van der Waals surface area (Å²) in [6.07, 6.45) is 11.5. The Labute approximate surface area is 210 Å². The first kappa shape index (κ1) is 26.1. The Balaban J connectivity index is 1.26. The third-order valence-electron chi connectivity index (χ3n) is 8.01. The van der Waals surface area contributed by atoms with Crippen molar-refractivity contribution in [2.75, 3.05) is 6.61 Å². The van der Waals surface area contributed by atoms with E-state index in [1.807, 2.05) is 0 Å². The third-order valence-corrected chi connectivity index (χ3v) is 8.01. The van der Waals surface area contributed by atoms with Crippen molar-refractivity contribution in [3.8, 4) is 17.6 Å². The van der Waals surface area contributed by atoms with Gasteiger partial charge in [0.05, 0.1) is 12.2 Å². The van der Waals surface area contributed by atoms with Crippen LogP contribution in [-0.4, -0.2) is 12.6 Å². The van der Waals surface area contributed by atoms with Gasteiger partial charge in [0.2, 0.25) is 0 Å². The van der Waals surface area contributed by atoms with Gasteiger partial charge in [-0.15, -0.1) is 0 Å². The average molecular weight is 500 g/mol. The van der Waals surface area contributed by atoms with E-state index in [0.29, 0.717) is 30.4 Å².